The Morgan fingerprint density at radius 1 is 0.295 bits per heavy atom. The zero-order valence-electron chi connectivity index (χ0n) is 23.7. The van der Waals surface area contributed by atoms with Crippen molar-refractivity contribution in [1.82, 2.24) is 0 Å². The van der Waals surface area contributed by atoms with Gasteiger partial charge in [0.2, 0.25) is 0 Å². The van der Waals surface area contributed by atoms with Gasteiger partial charge in [-0.05, 0) is 85.6 Å². The molecule has 0 bridgehead atoms. The summed E-state index contributed by atoms with van der Waals surface area (Å²) >= 11 is 0. The number of rotatable bonds is 2. The summed E-state index contributed by atoms with van der Waals surface area (Å²) in [4.78, 5) is 0. The zero-order chi connectivity index (χ0) is 28.8. The summed E-state index contributed by atoms with van der Waals surface area (Å²) in [6.07, 6.45) is 0. The highest BCUT2D eigenvalue weighted by Crippen LogP contribution is 2.45. The average Bonchev–Trinajstić information content (AvgIpc) is 3.64. The second kappa shape index (κ2) is 8.82. The van der Waals surface area contributed by atoms with Crippen molar-refractivity contribution in [3.05, 3.63) is 146 Å². The van der Waals surface area contributed by atoms with Crippen LogP contribution in [0.4, 0.5) is 0 Å². The number of hydrogen-bond acceptors (Lipinski definition) is 2. The molecule has 0 saturated heterocycles. The highest BCUT2D eigenvalue weighted by atomic mass is 16.3. The summed E-state index contributed by atoms with van der Waals surface area (Å²) in [6.45, 7) is 0. The third-order valence-electron chi connectivity index (χ3n) is 9.23. The van der Waals surface area contributed by atoms with Crippen LogP contribution in [-0.4, -0.2) is 0 Å². The molecule has 2 nitrogen and oxygen atoms in total. The van der Waals surface area contributed by atoms with Crippen LogP contribution >= 0.6 is 0 Å². The molecule has 204 valence electrons. The number of hydrogen-bond donors (Lipinski definition) is 0. The Bertz CT molecular complexity index is 2700. The molecule has 0 aliphatic carbocycles. The van der Waals surface area contributed by atoms with Gasteiger partial charge in [-0.2, -0.15) is 0 Å². The molecular formula is C42H24O2. The summed E-state index contributed by atoms with van der Waals surface area (Å²) in [5, 5.41) is 11.7. The van der Waals surface area contributed by atoms with Gasteiger partial charge in [0.15, 0.2) is 0 Å². The van der Waals surface area contributed by atoms with E-state index in [4.69, 9.17) is 8.83 Å². The third kappa shape index (κ3) is 3.25. The van der Waals surface area contributed by atoms with Crippen LogP contribution in [0.5, 0.6) is 0 Å². The topological polar surface area (TPSA) is 26.3 Å². The monoisotopic (exact) mass is 560 g/mol. The number of furan rings is 2. The fourth-order valence-corrected chi connectivity index (χ4v) is 7.29. The van der Waals surface area contributed by atoms with Gasteiger partial charge < -0.3 is 8.83 Å². The quantitative estimate of drug-likeness (QED) is 0.197. The lowest BCUT2D eigenvalue weighted by atomic mass is 9.86. The van der Waals surface area contributed by atoms with Crippen LogP contribution in [0.25, 0.3) is 98.4 Å². The molecule has 44 heavy (non-hydrogen) atoms. The molecule has 8 aromatic carbocycles. The van der Waals surface area contributed by atoms with Crippen LogP contribution in [-0.2, 0) is 0 Å². The summed E-state index contributed by atoms with van der Waals surface area (Å²) in [5.74, 6) is 0. The van der Waals surface area contributed by atoms with E-state index >= 15 is 0 Å². The Hall–Kier alpha value is -5.86. The molecule has 0 radical (unpaired) electrons. The summed E-state index contributed by atoms with van der Waals surface area (Å²) < 4.78 is 12.8. The predicted molar refractivity (Wildman–Crippen MR) is 184 cm³/mol. The highest BCUT2D eigenvalue weighted by Gasteiger charge is 2.19. The van der Waals surface area contributed by atoms with Crippen LogP contribution in [0.1, 0.15) is 0 Å². The molecule has 0 aliphatic rings. The molecule has 0 amide bonds. The van der Waals surface area contributed by atoms with E-state index in [1.807, 2.05) is 12.1 Å². The lowest BCUT2D eigenvalue weighted by Gasteiger charge is -2.17. The number of benzene rings is 8. The van der Waals surface area contributed by atoms with E-state index in [1.54, 1.807) is 0 Å². The third-order valence-corrected chi connectivity index (χ3v) is 9.23. The van der Waals surface area contributed by atoms with Crippen LogP contribution in [0.3, 0.4) is 0 Å². The standard InChI is InChI=1S/C42H24O2/c1-2-10-25(11-3-1)40-29-13-4-6-15-31(29)41(32-16-7-5-14-30(32)40)27-19-21-38-36(23-27)33-20-18-26-22-35-28-12-8-9-17-37(28)43-39(35)24-34(26)42(33)44-38/h1-24H. The van der Waals surface area contributed by atoms with Crippen molar-refractivity contribution in [1.29, 1.82) is 0 Å². The van der Waals surface area contributed by atoms with Gasteiger partial charge in [-0.15, -0.1) is 0 Å². The molecule has 10 rings (SSSR count). The van der Waals surface area contributed by atoms with E-state index in [-0.39, 0.29) is 0 Å². The first-order valence-electron chi connectivity index (χ1n) is 15.0. The largest absolute Gasteiger partial charge is 0.456 e. The molecule has 0 atom stereocenters. The Kier molecular flexibility index (Phi) is 4.75. The van der Waals surface area contributed by atoms with Crippen molar-refractivity contribution >= 4 is 76.2 Å². The Morgan fingerprint density at radius 3 is 1.61 bits per heavy atom. The van der Waals surface area contributed by atoms with Gasteiger partial charge >= 0.3 is 0 Å². The van der Waals surface area contributed by atoms with Crippen LogP contribution in [0, 0.1) is 0 Å². The summed E-state index contributed by atoms with van der Waals surface area (Å²) in [5.41, 5.74) is 8.50. The first-order chi connectivity index (χ1) is 21.8. The maximum atomic E-state index is 6.59. The van der Waals surface area contributed by atoms with Gasteiger partial charge in [-0.3, -0.25) is 0 Å². The fourth-order valence-electron chi connectivity index (χ4n) is 7.29. The lowest BCUT2D eigenvalue weighted by molar-refractivity contribution is 0.667. The average molecular weight is 561 g/mol. The number of fused-ring (bicyclic) bond motifs is 10. The second-order valence-electron chi connectivity index (χ2n) is 11.6. The lowest BCUT2D eigenvalue weighted by Crippen LogP contribution is -1.90. The van der Waals surface area contributed by atoms with Crippen molar-refractivity contribution in [3.63, 3.8) is 0 Å². The van der Waals surface area contributed by atoms with E-state index in [9.17, 15) is 0 Å². The van der Waals surface area contributed by atoms with Crippen molar-refractivity contribution < 1.29 is 8.83 Å². The molecule has 0 unspecified atom stereocenters. The van der Waals surface area contributed by atoms with Gasteiger partial charge in [-0.1, -0.05) is 109 Å². The molecule has 0 fully saturated rings. The highest BCUT2D eigenvalue weighted by molar-refractivity contribution is 6.23. The molecule has 0 spiro atoms. The van der Waals surface area contributed by atoms with Crippen molar-refractivity contribution in [3.8, 4) is 22.3 Å². The minimum absolute atomic E-state index is 0.879. The molecule has 0 saturated carbocycles. The molecule has 2 heteroatoms. The molecule has 2 aromatic heterocycles. The van der Waals surface area contributed by atoms with E-state index in [0.29, 0.717) is 0 Å². The normalized spacial score (nSPS) is 12.1. The zero-order valence-corrected chi connectivity index (χ0v) is 23.7. The fraction of sp³-hybridized carbons (Fsp3) is 0. The molecule has 2 heterocycles. The first kappa shape index (κ1) is 23.7. The Morgan fingerprint density at radius 2 is 0.886 bits per heavy atom. The van der Waals surface area contributed by atoms with Crippen LogP contribution < -0.4 is 0 Å². The molecular weight excluding hydrogens is 536 g/mol. The van der Waals surface area contributed by atoms with Crippen molar-refractivity contribution in [2.75, 3.05) is 0 Å². The van der Waals surface area contributed by atoms with Crippen molar-refractivity contribution in [2.45, 2.75) is 0 Å². The molecule has 0 aliphatic heterocycles. The maximum Gasteiger partial charge on any atom is 0.143 e. The maximum absolute atomic E-state index is 6.59. The Balaban J connectivity index is 1.25. The van der Waals surface area contributed by atoms with E-state index in [0.717, 1.165) is 54.6 Å². The van der Waals surface area contributed by atoms with Gasteiger partial charge in [0.1, 0.15) is 22.3 Å². The van der Waals surface area contributed by atoms with Gasteiger partial charge in [-0.25, -0.2) is 0 Å². The first-order valence-corrected chi connectivity index (χ1v) is 15.0. The van der Waals surface area contributed by atoms with Gasteiger partial charge in [0, 0.05) is 26.9 Å². The minimum atomic E-state index is 0.879. The van der Waals surface area contributed by atoms with E-state index in [1.165, 1.54) is 43.8 Å². The van der Waals surface area contributed by atoms with Gasteiger partial charge in [0.05, 0.1) is 0 Å². The smallest absolute Gasteiger partial charge is 0.143 e. The van der Waals surface area contributed by atoms with E-state index in [2.05, 4.69) is 133 Å². The predicted octanol–water partition coefficient (Wildman–Crippen LogP) is 12.3. The van der Waals surface area contributed by atoms with Crippen molar-refractivity contribution in [2.24, 2.45) is 0 Å². The second-order valence-corrected chi connectivity index (χ2v) is 11.6. The van der Waals surface area contributed by atoms with Gasteiger partial charge in [0.25, 0.3) is 0 Å². The minimum Gasteiger partial charge on any atom is -0.456 e. The summed E-state index contributed by atoms with van der Waals surface area (Å²) in [7, 11) is 0. The molecule has 0 N–H and O–H groups in total. The SMILES string of the molecule is c1ccc(-c2c3ccccc3c(-c3ccc4oc5c6cc7oc8ccccc8c7cc6ccc5c4c3)c3ccccc23)cc1. The number of para-hydroxylation sites is 1. The molecule has 10 aromatic rings. The van der Waals surface area contributed by atoms with Crippen LogP contribution in [0.2, 0.25) is 0 Å². The Labute approximate surface area is 252 Å². The van der Waals surface area contributed by atoms with Crippen LogP contribution in [0.15, 0.2) is 154 Å². The summed E-state index contributed by atoms with van der Waals surface area (Å²) in [6, 6.07) is 52.0. The van der Waals surface area contributed by atoms with E-state index < -0.39 is 0 Å².